The maximum atomic E-state index is 13.0. The van der Waals surface area contributed by atoms with E-state index in [1.807, 2.05) is 0 Å². The summed E-state index contributed by atoms with van der Waals surface area (Å²) in [6, 6.07) is 0. The van der Waals surface area contributed by atoms with Crippen molar-refractivity contribution in [1.29, 1.82) is 0 Å². The number of phosphoric acid groups is 2. The number of ether oxygens (including phenoxy) is 4. The van der Waals surface area contributed by atoms with Gasteiger partial charge >= 0.3 is 39.5 Å². The van der Waals surface area contributed by atoms with E-state index in [1.54, 1.807) is 0 Å². The van der Waals surface area contributed by atoms with E-state index in [2.05, 4.69) is 58.9 Å². The van der Waals surface area contributed by atoms with Crippen molar-refractivity contribution in [2.45, 2.75) is 368 Å². The quantitative estimate of drug-likeness (QED) is 0.0169. The Kier molecular flexibility index (Phi) is 63.1. The summed E-state index contributed by atoms with van der Waals surface area (Å²) in [5.41, 5.74) is 0. The molecule has 3 unspecified atom stereocenters. The summed E-state index contributed by atoms with van der Waals surface area (Å²) in [5.74, 6) is -1.34. The van der Waals surface area contributed by atoms with Gasteiger partial charge in [-0.15, -0.1) is 0 Å². The average Bonchev–Trinajstić information content (AvgIpc) is 3.33. The van der Waals surface area contributed by atoms with Crippen molar-refractivity contribution in [3.63, 3.8) is 0 Å². The molecule has 3 N–H and O–H groups in total. The number of unbranched alkanes of at least 4 members (excludes halogenated alkanes) is 38. The molecule has 17 nitrogen and oxygen atoms in total. The number of esters is 4. The Labute approximate surface area is 554 Å². The maximum Gasteiger partial charge on any atom is 0.472 e. The van der Waals surface area contributed by atoms with E-state index in [1.165, 1.54) is 161 Å². The molecule has 0 fully saturated rings. The van der Waals surface area contributed by atoms with Gasteiger partial charge in [-0.2, -0.15) is 0 Å². The molecule has 0 saturated carbocycles. The first-order valence-corrected chi connectivity index (χ1v) is 40.0. The van der Waals surface area contributed by atoms with Crippen molar-refractivity contribution in [2.24, 2.45) is 5.92 Å². The maximum absolute atomic E-state index is 13.0. The fraction of sp³-hybridized carbons (Fsp3) is 0.889. The van der Waals surface area contributed by atoms with Crippen LogP contribution in [-0.4, -0.2) is 96.7 Å². The highest BCUT2D eigenvalue weighted by Crippen LogP contribution is 2.45. The number of hydrogen-bond acceptors (Lipinski definition) is 15. The van der Waals surface area contributed by atoms with Crippen LogP contribution >= 0.6 is 15.6 Å². The van der Waals surface area contributed by atoms with E-state index in [4.69, 9.17) is 37.0 Å². The summed E-state index contributed by atoms with van der Waals surface area (Å²) in [4.78, 5) is 72.6. The zero-order valence-corrected chi connectivity index (χ0v) is 60.3. The van der Waals surface area contributed by atoms with Crippen molar-refractivity contribution >= 4 is 39.5 Å². The van der Waals surface area contributed by atoms with E-state index < -0.39 is 97.5 Å². The zero-order valence-electron chi connectivity index (χ0n) is 58.5. The van der Waals surface area contributed by atoms with Gasteiger partial charge in [-0.05, 0) is 57.3 Å². The summed E-state index contributed by atoms with van der Waals surface area (Å²) in [5, 5.41) is 10.6. The van der Waals surface area contributed by atoms with Crippen LogP contribution in [0.5, 0.6) is 0 Å². The lowest BCUT2D eigenvalue weighted by Gasteiger charge is -2.21. The second-order valence-corrected chi connectivity index (χ2v) is 28.4. The highest BCUT2D eigenvalue weighted by Gasteiger charge is 2.30. The number of carbonyl (C=O) groups excluding carboxylic acids is 4. The Bertz CT molecular complexity index is 1850. The Morgan fingerprint density at radius 2 is 0.615 bits per heavy atom. The third kappa shape index (κ3) is 64.6. The van der Waals surface area contributed by atoms with Gasteiger partial charge in [-0.3, -0.25) is 37.3 Å². The molecule has 0 aliphatic rings. The molecule has 0 aliphatic heterocycles. The molecule has 0 aromatic rings. The van der Waals surface area contributed by atoms with Crippen LogP contribution in [0.1, 0.15) is 349 Å². The van der Waals surface area contributed by atoms with Crippen LogP contribution in [-0.2, 0) is 65.4 Å². The molecule has 0 amide bonds. The number of aliphatic hydroxyl groups is 1. The summed E-state index contributed by atoms with van der Waals surface area (Å²) < 4.78 is 68.3. The van der Waals surface area contributed by atoms with Crippen molar-refractivity contribution in [2.75, 3.05) is 39.6 Å². The molecule has 91 heavy (non-hydrogen) atoms. The molecule has 0 bridgehead atoms. The summed E-state index contributed by atoms with van der Waals surface area (Å²) >= 11 is 0. The van der Waals surface area contributed by atoms with Crippen LogP contribution in [0.3, 0.4) is 0 Å². The second kappa shape index (κ2) is 64.9. The van der Waals surface area contributed by atoms with Gasteiger partial charge in [-0.25, -0.2) is 9.13 Å². The topological polar surface area (TPSA) is 237 Å². The minimum atomic E-state index is -4.96. The second-order valence-electron chi connectivity index (χ2n) is 25.5. The molecule has 0 aromatic heterocycles. The third-order valence-electron chi connectivity index (χ3n) is 16.5. The number of aliphatic hydroxyl groups excluding tert-OH is 1. The van der Waals surface area contributed by atoms with Gasteiger partial charge in [0.2, 0.25) is 0 Å². The highest BCUT2D eigenvalue weighted by molar-refractivity contribution is 7.47. The Hall–Kier alpha value is -2.46. The van der Waals surface area contributed by atoms with E-state index in [0.717, 1.165) is 109 Å². The molecule has 0 aliphatic carbocycles. The first-order chi connectivity index (χ1) is 44.1. The van der Waals surface area contributed by atoms with E-state index in [0.29, 0.717) is 25.7 Å². The van der Waals surface area contributed by atoms with Crippen LogP contribution in [0.4, 0.5) is 0 Å². The Morgan fingerprint density at radius 3 is 0.934 bits per heavy atom. The SMILES string of the molecule is CCCCCC/C=C\C=C/CCCCCCCC(=O)O[C@H](COC(=O)CCCCCCCCCCCCC(C)CC)COP(=O)(O)OC[C@@H](O)COP(=O)(O)OC[C@@H](COC(=O)CCCCCCCCCCCCC)OC(=O)CCCCCCCCCCCCC. The summed E-state index contributed by atoms with van der Waals surface area (Å²) in [7, 11) is -9.91. The van der Waals surface area contributed by atoms with Gasteiger partial charge in [0.25, 0.3) is 0 Å². The van der Waals surface area contributed by atoms with Crippen LogP contribution in [0.2, 0.25) is 0 Å². The van der Waals surface area contributed by atoms with Crippen molar-refractivity contribution in [1.82, 2.24) is 0 Å². The van der Waals surface area contributed by atoms with Crippen molar-refractivity contribution in [3.05, 3.63) is 24.3 Å². The Morgan fingerprint density at radius 1 is 0.352 bits per heavy atom. The average molecular weight is 1340 g/mol. The van der Waals surface area contributed by atoms with Gasteiger partial charge < -0.3 is 33.8 Å². The fourth-order valence-electron chi connectivity index (χ4n) is 10.4. The smallest absolute Gasteiger partial charge is 0.462 e. The van der Waals surface area contributed by atoms with Crippen molar-refractivity contribution in [3.8, 4) is 0 Å². The molecule has 6 atom stereocenters. The summed E-state index contributed by atoms with van der Waals surface area (Å²) in [6.45, 7) is 7.21. The van der Waals surface area contributed by atoms with E-state index >= 15 is 0 Å². The van der Waals surface area contributed by atoms with Gasteiger partial charge in [0.05, 0.1) is 26.4 Å². The molecular weight excluding hydrogens is 1200 g/mol. The molecule has 0 rings (SSSR count). The normalized spacial score (nSPS) is 14.5. The minimum absolute atomic E-state index is 0.0851. The molecule has 19 heteroatoms. The number of allylic oxidation sites excluding steroid dienone is 4. The lowest BCUT2D eigenvalue weighted by Crippen LogP contribution is -2.30. The van der Waals surface area contributed by atoms with E-state index in [9.17, 15) is 43.2 Å². The summed E-state index contributed by atoms with van der Waals surface area (Å²) in [6.07, 6.45) is 54.7. The Balaban J connectivity index is 5.29. The molecule has 536 valence electrons. The molecule has 0 saturated heterocycles. The predicted molar refractivity (Wildman–Crippen MR) is 368 cm³/mol. The molecule has 0 aromatic carbocycles. The zero-order chi connectivity index (χ0) is 67.0. The van der Waals surface area contributed by atoms with Crippen LogP contribution < -0.4 is 0 Å². The molecule has 0 spiro atoms. The monoisotopic (exact) mass is 1330 g/mol. The first-order valence-electron chi connectivity index (χ1n) is 37.0. The molecular formula is C72H136O17P2. The van der Waals surface area contributed by atoms with Crippen LogP contribution in [0.25, 0.3) is 0 Å². The lowest BCUT2D eigenvalue weighted by atomic mass is 9.99. The minimum Gasteiger partial charge on any atom is -0.462 e. The number of rotatable bonds is 70. The van der Waals surface area contributed by atoms with Crippen LogP contribution in [0.15, 0.2) is 24.3 Å². The standard InChI is InChI=1S/C72H136O17P2/c1-6-10-13-16-19-22-25-26-27-28-31-38-43-48-53-58-72(77)89-68(62-83-70(75)56-51-46-41-36-33-32-34-39-44-49-54-65(5)9-4)64-87-91(80,81)85-60-66(73)59-84-90(78,79)86-63-67(88-71(76)57-52-47-42-37-30-24-21-18-15-12-8-3)61-82-69(74)55-50-45-40-35-29-23-20-17-14-11-7-2/h22,25-27,65-68,73H,6-21,23-24,28-64H2,1-5H3,(H,78,79)(H,80,81)/b25-22-,27-26-/t65?,66-,67+,68+/m0/s1. The predicted octanol–water partition coefficient (Wildman–Crippen LogP) is 20.5. The number of hydrogen-bond donors (Lipinski definition) is 3. The number of carbonyl (C=O) groups is 4. The molecule has 0 heterocycles. The highest BCUT2D eigenvalue weighted by atomic mass is 31.2. The first kappa shape index (κ1) is 88.5. The van der Waals surface area contributed by atoms with Gasteiger partial charge in [0.1, 0.15) is 19.3 Å². The largest absolute Gasteiger partial charge is 0.472 e. The fourth-order valence-corrected chi connectivity index (χ4v) is 12.0. The molecule has 0 radical (unpaired) electrons. The van der Waals surface area contributed by atoms with Crippen molar-refractivity contribution < 1.29 is 80.2 Å². The third-order valence-corrected chi connectivity index (χ3v) is 18.4. The van der Waals surface area contributed by atoms with Gasteiger partial charge in [0, 0.05) is 25.7 Å². The lowest BCUT2D eigenvalue weighted by molar-refractivity contribution is -0.161. The van der Waals surface area contributed by atoms with Gasteiger partial charge in [0.15, 0.2) is 12.2 Å². The van der Waals surface area contributed by atoms with Crippen LogP contribution in [0, 0.1) is 5.92 Å². The van der Waals surface area contributed by atoms with E-state index in [-0.39, 0.29) is 25.7 Å². The number of phosphoric ester groups is 2. The van der Waals surface area contributed by atoms with Gasteiger partial charge in [-0.1, -0.05) is 296 Å².